The van der Waals surface area contributed by atoms with Crippen molar-refractivity contribution in [1.29, 1.82) is 0 Å². The summed E-state index contributed by atoms with van der Waals surface area (Å²) in [5, 5.41) is 3.87. The van der Waals surface area contributed by atoms with E-state index in [0.717, 1.165) is 24.6 Å². The first-order chi connectivity index (χ1) is 11.5. The molecule has 1 aromatic carbocycles. The van der Waals surface area contributed by atoms with Crippen molar-refractivity contribution in [3.8, 4) is 5.75 Å². The summed E-state index contributed by atoms with van der Waals surface area (Å²) < 4.78 is 10.4. The number of methoxy groups -OCH3 is 1. The summed E-state index contributed by atoms with van der Waals surface area (Å²) in [6.07, 6.45) is 4.63. The predicted octanol–water partition coefficient (Wildman–Crippen LogP) is 3.04. The van der Waals surface area contributed by atoms with Crippen LogP contribution in [-0.2, 0) is 11.2 Å². The molecule has 0 radical (unpaired) electrons. The van der Waals surface area contributed by atoms with Gasteiger partial charge < -0.3 is 14.5 Å². The van der Waals surface area contributed by atoms with Crippen LogP contribution in [0.4, 0.5) is 0 Å². The monoisotopic (exact) mass is 329 g/mol. The minimum absolute atomic E-state index is 0.0446. The van der Waals surface area contributed by atoms with Gasteiger partial charge in [-0.1, -0.05) is 19.8 Å². The number of hydrogen-bond donors (Lipinski definition) is 1. The molecule has 0 saturated heterocycles. The number of benzene rings is 1. The third-order valence-corrected chi connectivity index (χ3v) is 4.69. The first-order valence-corrected chi connectivity index (χ1v) is 8.45. The fourth-order valence-electron chi connectivity index (χ4n) is 3.50. The summed E-state index contributed by atoms with van der Waals surface area (Å²) in [6.45, 7) is 2.22. The Kier molecular flexibility index (Phi) is 4.88. The Morgan fingerprint density at radius 3 is 2.92 bits per heavy atom. The highest BCUT2D eigenvalue weighted by Gasteiger charge is 2.21. The van der Waals surface area contributed by atoms with Crippen LogP contribution in [0.25, 0.3) is 11.0 Å². The largest absolute Gasteiger partial charge is 0.497 e. The Hall–Kier alpha value is -2.30. The van der Waals surface area contributed by atoms with Crippen molar-refractivity contribution in [3.05, 3.63) is 40.2 Å². The van der Waals surface area contributed by atoms with Crippen LogP contribution in [0, 0.1) is 5.92 Å². The number of carbonyl (C=O) groups excluding carboxylic acids is 1. The second-order valence-electron chi connectivity index (χ2n) is 6.67. The SMILES string of the molecule is COc1ccc2c(CC(=O)N[C@@H]3CCC[C@H](C)C3)cc(=O)oc2c1. The molecule has 1 aliphatic carbocycles. The van der Waals surface area contributed by atoms with Gasteiger partial charge in [0.1, 0.15) is 11.3 Å². The van der Waals surface area contributed by atoms with E-state index in [1.54, 1.807) is 19.2 Å². The molecule has 0 spiro atoms. The zero-order chi connectivity index (χ0) is 17.1. The topological polar surface area (TPSA) is 68.5 Å². The molecule has 0 unspecified atom stereocenters. The van der Waals surface area contributed by atoms with Crippen LogP contribution in [0.15, 0.2) is 33.5 Å². The lowest BCUT2D eigenvalue weighted by Crippen LogP contribution is -2.38. The van der Waals surface area contributed by atoms with Crippen molar-refractivity contribution >= 4 is 16.9 Å². The van der Waals surface area contributed by atoms with Gasteiger partial charge in [-0.15, -0.1) is 0 Å². The summed E-state index contributed by atoms with van der Waals surface area (Å²) in [5.41, 5.74) is 0.672. The maximum Gasteiger partial charge on any atom is 0.336 e. The van der Waals surface area contributed by atoms with Crippen LogP contribution in [0.1, 0.15) is 38.2 Å². The first-order valence-electron chi connectivity index (χ1n) is 8.45. The summed E-state index contributed by atoms with van der Waals surface area (Å²) in [4.78, 5) is 24.2. The van der Waals surface area contributed by atoms with Crippen LogP contribution < -0.4 is 15.7 Å². The van der Waals surface area contributed by atoms with Gasteiger partial charge in [0.05, 0.1) is 13.5 Å². The van der Waals surface area contributed by atoms with Crippen LogP contribution in [0.2, 0.25) is 0 Å². The lowest BCUT2D eigenvalue weighted by atomic mass is 9.87. The van der Waals surface area contributed by atoms with E-state index >= 15 is 0 Å². The van der Waals surface area contributed by atoms with Gasteiger partial charge >= 0.3 is 5.63 Å². The second-order valence-corrected chi connectivity index (χ2v) is 6.67. The first kappa shape index (κ1) is 16.6. The highest BCUT2D eigenvalue weighted by Crippen LogP contribution is 2.25. The van der Waals surface area contributed by atoms with E-state index in [4.69, 9.17) is 9.15 Å². The molecule has 5 nitrogen and oxygen atoms in total. The molecule has 1 saturated carbocycles. The molecule has 5 heteroatoms. The van der Waals surface area contributed by atoms with Crippen molar-refractivity contribution < 1.29 is 13.9 Å². The number of nitrogens with one attached hydrogen (secondary N) is 1. The highest BCUT2D eigenvalue weighted by molar-refractivity contribution is 5.87. The standard InChI is InChI=1S/C19H23NO4/c1-12-4-3-5-14(8-12)20-18(21)9-13-10-19(22)24-17-11-15(23-2)6-7-16(13)17/h6-7,10-12,14H,3-5,8-9H2,1-2H3,(H,20,21)/t12-,14+/m0/s1. The van der Waals surface area contributed by atoms with Crippen molar-refractivity contribution in [3.63, 3.8) is 0 Å². The van der Waals surface area contributed by atoms with Gasteiger partial charge in [0, 0.05) is 23.6 Å². The Morgan fingerprint density at radius 1 is 1.33 bits per heavy atom. The van der Waals surface area contributed by atoms with E-state index in [1.807, 2.05) is 6.07 Å². The minimum atomic E-state index is -0.454. The van der Waals surface area contributed by atoms with E-state index in [1.165, 1.54) is 12.5 Å². The number of hydrogen-bond acceptors (Lipinski definition) is 4. The van der Waals surface area contributed by atoms with Crippen molar-refractivity contribution in [2.45, 2.75) is 45.1 Å². The van der Waals surface area contributed by atoms with Crippen LogP contribution in [-0.4, -0.2) is 19.1 Å². The van der Waals surface area contributed by atoms with Crippen molar-refractivity contribution in [1.82, 2.24) is 5.32 Å². The van der Waals surface area contributed by atoms with Gasteiger partial charge in [0.15, 0.2) is 0 Å². The quantitative estimate of drug-likeness (QED) is 0.876. The normalized spacial score (nSPS) is 20.8. The molecule has 1 N–H and O–H groups in total. The Balaban J connectivity index is 1.79. The molecule has 0 aliphatic heterocycles. The maximum atomic E-state index is 12.4. The molecule has 3 rings (SSSR count). The summed E-state index contributed by atoms with van der Waals surface area (Å²) in [5.74, 6) is 1.22. The number of fused-ring (bicyclic) bond motifs is 1. The minimum Gasteiger partial charge on any atom is -0.497 e. The zero-order valence-corrected chi connectivity index (χ0v) is 14.1. The smallest absolute Gasteiger partial charge is 0.336 e. The molecule has 2 atom stereocenters. The fraction of sp³-hybridized carbons (Fsp3) is 0.474. The fourth-order valence-corrected chi connectivity index (χ4v) is 3.50. The molecule has 1 aromatic heterocycles. The molecule has 24 heavy (non-hydrogen) atoms. The maximum absolute atomic E-state index is 12.4. The Labute approximate surface area is 141 Å². The van der Waals surface area contributed by atoms with Gasteiger partial charge in [0.2, 0.25) is 5.91 Å². The summed E-state index contributed by atoms with van der Waals surface area (Å²) >= 11 is 0. The van der Waals surface area contributed by atoms with Crippen LogP contribution in [0.5, 0.6) is 5.75 Å². The molecular weight excluding hydrogens is 306 g/mol. The van der Waals surface area contributed by atoms with E-state index < -0.39 is 5.63 Å². The lowest BCUT2D eigenvalue weighted by molar-refractivity contribution is -0.121. The molecule has 1 amide bonds. The average Bonchev–Trinajstić information content (AvgIpc) is 2.53. The summed E-state index contributed by atoms with van der Waals surface area (Å²) in [6, 6.07) is 6.93. The molecule has 2 aromatic rings. The van der Waals surface area contributed by atoms with E-state index in [2.05, 4.69) is 12.2 Å². The molecule has 1 fully saturated rings. The summed E-state index contributed by atoms with van der Waals surface area (Å²) in [7, 11) is 1.56. The highest BCUT2D eigenvalue weighted by atomic mass is 16.5. The number of ether oxygens (including phenoxy) is 1. The van der Waals surface area contributed by atoms with E-state index in [9.17, 15) is 9.59 Å². The second kappa shape index (κ2) is 7.07. The van der Waals surface area contributed by atoms with E-state index in [0.29, 0.717) is 22.8 Å². The van der Waals surface area contributed by atoms with Gasteiger partial charge in [-0.25, -0.2) is 4.79 Å². The number of carbonyl (C=O) groups is 1. The molecular formula is C19H23NO4. The van der Waals surface area contributed by atoms with Gasteiger partial charge in [-0.05, 0) is 36.5 Å². The Bertz CT molecular complexity index is 796. The molecule has 1 aliphatic rings. The van der Waals surface area contributed by atoms with Gasteiger partial charge in [-0.2, -0.15) is 0 Å². The predicted molar refractivity (Wildman–Crippen MR) is 92.3 cm³/mol. The average molecular weight is 329 g/mol. The van der Waals surface area contributed by atoms with Crippen molar-refractivity contribution in [2.75, 3.05) is 7.11 Å². The van der Waals surface area contributed by atoms with Crippen molar-refractivity contribution in [2.24, 2.45) is 5.92 Å². The third kappa shape index (κ3) is 3.78. The van der Waals surface area contributed by atoms with Gasteiger partial charge in [-0.3, -0.25) is 4.79 Å². The number of rotatable bonds is 4. The van der Waals surface area contributed by atoms with Crippen LogP contribution in [0.3, 0.4) is 0 Å². The van der Waals surface area contributed by atoms with Crippen LogP contribution >= 0.6 is 0 Å². The third-order valence-electron chi connectivity index (χ3n) is 4.69. The lowest BCUT2D eigenvalue weighted by Gasteiger charge is -2.27. The molecule has 0 bridgehead atoms. The Morgan fingerprint density at radius 2 is 2.17 bits per heavy atom. The zero-order valence-electron chi connectivity index (χ0n) is 14.1. The molecule has 1 heterocycles. The molecule has 128 valence electrons. The van der Waals surface area contributed by atoms with E-state index in [-0.39, 0.29) is 18.4 Å². The number of amides is 1. The van der Waals surface area contributed by atoms with Gasteiger partial charge in [0.25, 0.3) is 0 Å².